The highest BCUT2D eigenvalue weighted by molar-refractivity contribution is 5.90. The van der Waals surface area contributed by atoms with E-state index in [2.05, 4.69) is 14.8 Å². The molecule has 0 saturated carbocycles. The van der Waals surface area contributed by atoms with Gasteiger partial charge >= 0.3 is 5.97 Å². The van der Waals surface area contributed by atoms with Crippen LogP contribution in [0.25, 0.3) is 0 Å². The Labute approximate surface area is 154 Å². The number of pyridine rings is 1. The molecule has 2 saturated heterocycles. The van der Waals surface area contributed by atoms with Gasteiger partial charge in [-0.1, -0.05) is 0 Å². The average Bonchev–Trinajstić information content (AvgIpc) is 3.21. The number of ether oxygens (including phenoxy) is 1. The summed E-state index contributed by atoms with van der Waals surface area (Å²) < 4.78 is 4.77. The lowest BCUT2D eigenvalue weighted by atomic mass is 10.2. The molecule has 2 aliphatic rings. The number of nitrogens with zero attached hydrogens (tertiary/aromatic N) is 4. The summed E-state index contributed by atoms with van der Waals surface area (Å²) in [7, 11) is 1.37. The summed E-state index contributed by atoms with van der Waals surface area (Å²) in [6, 6.07) is 3.58. The van der Waals surface area contributed by atoms with E-state index >= 15 is 0 Å². The molecule has 1 aromatic heterocycles. The van der Waals surface area contributed by atoms with Crippen molar-refractivity contribution in [1.29, 1.82) is 0 Å². The van der Waals surface area contributed by atoms with Crippen LogP contribution >= 0.6 is 0 Å². The maximum atomic E-state index is 12.6. The smallest absolute Gasteiger partial charge is 0.339 e. The summed E-state index contributed by atoms with van der Waals surface area (Å²) in [5, 5.41) is 0. The van der Waals surface area contributed by atoms with Crippen LogP contribution in [0.1, 0.15) is 35.8 Å². The number of carbonyl (C=O) groups excluding carboxylic acids is 2. The highest BCUT2D eigenvalue weighted by atomic mass is 16.5. The van der Waals surface area contributed by atoms with Gasteiger partial charge in [-0.15, -0.1) is 0 Å². The van der Waals surface area contributed by atoms with E-state index in [-0.39, 0.29) is 17.9 Å². The van der Waals surface area contributed by atoms with Gasteiger partial charge in [0.2, 0.25) is 5.91 Å². The highest BCUT2D eigenvalue weighted by Gasteiger charge is 2.30. The molecule has 7 nitrogen and oxygen atoms in total. The van der Waals surface area contributed by atoms with E-state index in [0.717, 1.165) is 57.9 Å². The fourth-order valence-electron chi connectivity index (χ4n) is 3.75. The molecule has 2 aliphatic heterocycles. The lowest BCUT2D eigenvalue weighted by Gasteiger charge is -2.39. The molecule has 0 radical (unpaired) electrons. The third-order valence-corrected chi connectivity index (χ3v) is 5.44. The van der Waals surface area contributed by atoms with Crippen molar-refractivity contribution in [2.75, 3.05) is 51.3 Å². The summed E-state index contributed by atoms with van der Waals surface area (Å²) in [6.07, 6.45) is 2.25. The predicted octanol–water partition coefficient (Wildman–Crippen LogP) is 1.31. The van der Waals surface area contributed by atoms with Gasteiger partial charge in [-0.2, -0.15) is 0 Å². The number of aromatic nitrogens is 1. The normalized spacial score (nSPS) is 19.5. The van der Waals surface area contributed by atoms with Gasteiger partial charge in [0.25, 0.3) is 0 Å². The lowest BCUT2D eigenvalue weighted by molar-refractivity contribution is -0.135. The zero-order valence-corrected chi connectivity index (χ0v) is 15.9. The Morgan fingerprint density at radius 1 is 1.08 bits per heavy atom. The summed E-state index contributed by atoms with van der Waals surface area (Å²) in [5.74, 6) is 0.765. The molecule has 2 fully saturated rings. The standard InChI is InChI=1S/C19H28N4O3/c1-14-16(19(25)26-3)6-7-17(20-14)22-12-10-21(11-13-22)15(2)18(24)23-8-4-5-9-23/h6-7,15H,4-5,8-13H2,1-3H3. The van der Waals surface area contributed by atoms with E-state index in [1.165, 1.54) is 7.11 Å². The number of hydrogen-bond acceptors (Lipinski definition) is 6. The van der Waals surface area contributed by atoms with Crippen LogP contribution in [0.3, 0.4) is 0 Å². The van der Waals surface area contributed by atoms with Gasteiger partial charge in [-0.3, -0.25) is 9.69 Å². The van der Waals surface area contributed by atoms with Crippen LogP contribution in [0.15, 0.2) is 12.1 Å². The quantitative estimate of drug-likeness (QED) is 0.755. The number of rotatable bonds is 4. The molecule has 1 aromatic rings. The van der Waals surface area contributed by atoms with Crippen LogP contribution < -0.4 is 4.90 Å². The molecule has 0 aromatic carbocycles. The van der Waals surface area contributed by atoms with E-state index in [1.807, 2.05) is 24.8 Å². The Bertz CT molecular complexity index is 665. The Hall–Kier alpha value is -2.15. The first-order valence-electron chi connectivity index (χ1n) is 9.35. The Morgan fingerprint density at radius 2 is 1.73 bits per heavy atom. The molecule has 0 aliphatic carbocycles. The van der Waals surface area contributed by atoms with E-state index in [9.17, 15) is 9.59 Å². The minimum absolute atomic E-state index is 0.0633. The number of amides is 1. The van der Waals surface area contributed by atoms with Gasteiger partial charge in [-0.05, 0) is 38.8 Å². The lowest BCUT2D eigenvalue weighted by Crippen LogP contribution is -2.54. The predicted molar refractivity (Wildman–Crippen MR) is 99.4 cm³/mol. The minimum Gasteiger partial charge on any atom is -0.465 e. The van der Waals surface area contributed by atoms with Crippen molar-refractivity contribution < 1.29 is 14.3 Å². The fourth-order valence-corrected chi connectivity index (χ4v) is 3.75. The van der Waals surface area contributed by atoms with Gasteiger partial charge in [0.1, 0.15) is 5.82 Å². The van der Waals surface area contributed by atoms with E-state index in [4.69, 9.17) is 4.74 Å². The number of piperazine rings is 1. The molecule has 1 unspecified atom stereocenters. The zero-order valence-electron chi connectivity index (χ0n) is 15.9. The van der Waals surface area contributed by atoms with Crippen molar-refractivity contribution in [3.63, 3.8) is 0 Å². The van der Waals surface area contributed by atoms with Crippen molar-refractivity contribution in [1.82, 2.24) is 14.8 Å². The largest absolute Gasteiger partial charge is 0.465 e. The van der Waals surface area contributed by atoms with Gasteiger partial charge < -0.3 is 14.5 Å². The van der Waals surface area contributed by atoms with E-state index < -0.39 is 0 Å². The number of esters is 1. The zero-order chi connectivity index (χ0) is 18.7. The molecule has 26 heavy (non-hydrogen) atoms. The van der Waals surface area contributed by atoms with Crippen molar-refractivity contribution >= 4 is 17.7 Å². The van der Waals surface area contributed by atoms with Gasteiger partial charge in [0, 0.05) is 39.3 Å². The topological polar surface area (TPSA) is 66.0 Å². The van der Waals surface area contributed by atoms with Crippen molar-refractivity contribution in [3.8, 4) is 0 Å². The van der Waals surface area contributed by atoms with Crippen molar-refractivity contribution in [2.45, 2.75) is 32.7 Å². The third-order valence-electron chi connectivity index (χ3n) is 5.44. The molecule has 7 heteroatoms. The molecule has 3 rings (SSSR count). The second-order valence-electron chi connectivity index (χ2n) is 7.03. The molecule has 0 spiro atoms. The number of hydrogen-bond donors (Lipinski definition) is 0. The highest BCUT2D eigenvalue weighted by Crippen LogP contribution is 2.19. The van der Waals surface area contributed by atoms with Crippen molar-refractivity contribution in [3.05, 3.63) is 23.4 Å². The number of methoxy groups -OCH3 is 1. The molecule has 3 heterocycles. The Morgan fingerprint density at radius 3 is 2.31 bits per heavy atom. The fraction of sp³-hybridized carbons (Fsp3) is 0.632. The third kappa shape index (κ3) is 3.82. The average molecular weight is 360 g/mol. The molecule has 0 bridgehead atoms. The summed E-state index contributed by atoms with van der Waals surface area (Å²) in [5.41, 5.74) is 1.18. The van der Waals surface area contributed by atoms with Gasteiger partial charge in [0.15, 0.2) is 0 Å². The molecule has 1 atom stereocenters. The number of likely N-dealkylation sites (tertiary alicyclic amines) is 1. The first-order chi connectivity index (χ1) is 12.5. The molecule has 1 amide bonds. The monoisotopic (exact) mass is 360 g/mol. The molecule has 142 valence electrons. The number of anilines is 1. The second kappa shape index (κ2) is 8.03. The first kappa shape index (κ1) is 18.6. The minimum atomic E-state index is -0.361. The Balaban J connectivity index is 1.59. The van der Waals surface area contributed by atoms with Crippen LogP contribution in [0, 0.1) is 6.92 Å². The maximum Gasteiger partial charge on any atom is 0.339 e. The SMILES string of the molecule is COC(=O)c1ccc(N2CCN(C(C)C(=O)N3CCCC3)CC2)nc1C. The van der Waals surface area contributed by atoms with Crippen LogP contribution in [0.4, 0.5) is 5.82 Å². The first-order valence-corrected chi connectivity index (χ1v) is 9.35. The Kier molecular flexibility index (Phi) is 5.76. The summed E-state index contributed by atoms with van der Waals surface area (Å²) in [4.78, 5) is 35.3. The van der Waals surface area contributed by atoms with E-state index in [1.54, 1.807) is 6.07 Å². The number of carbonyl (C=O) groups is 2. The van der Waals surface area contributed by atoms with Gasteiger partial charge in [-0.25, -0.2) is 9.78 Å². The van der Waals surface area contributed by atoms with Crippen molar-refractivity contribution in [2.24, 2.45) is 0 Å². The molecular formula is C19H28N4O3. The van der Waals surface area contributed by atoms with Gasteiger partial charge in [0.05, 0.1) is 24.4 Å². The summed E-state index contributed by atoms with van der Waals surface area (Å²) >= 11 is 0. The van der Waals surface area contributed by atoms with Crippen LogP contribution in [-0.4, -0.2) is 79.1 Å². The van der Waals surface area contributed by atoms with Crippen LogP contribution in [-0.2, 0) is 9.53 Å². The molecular weight excluding hydrogens is 332 g/mol. The second-order valence-corrected chi connectivity index (χ2v) is 7.03. The van der Waals surface area contributed by atoms with Crippen LogP contribution in [0.5, 0.6) is 0 Å². The molecule has 0 N–H and O–H groups in total. The van der Waals surface area contributed by atoms with E-state index in [0.29, 0.717) is 11.3 Å². The summed E-state index contributed by atoms with van der Waals surface area (Å²) in [6.45, 7) is 8.95. The number of aryl methyl sites for hydroxylation is 1. The maximum absolute atomic E-state index is 12.6. The van der Waals surface area contributed by atoms with Crippen LogP contribution in [0.2, 0.25) is 0 Å².